The lowest BCUT2D eigenvalue weighted by Crippen LogP contribution is -2.20. The molecule has 1 aromatic heterocycles. The number of rotatable bonds is 4. The third kappa shape index (κ3) is 3.76. The molecule has 1 amide bonds. The molecule has 0 spiro atoms. The first-order chi connectivity index (χ1) is 9.58. The van der Waals surface area contributed by atoms with Crippen molar-refractivity contribution in [3.05, 3.63) is 51.6 Å². The first kappa shape index (κ1) is 14.9. The van der Waals surface area contributed by atoms with Crippen LogP contribution in [-0.4, -0.2) is 17.5 Å². The fourth-order valence-corrected chi connectivity index (χ4v) is 1.96. The summed E-state index contributed by atoms with van der Waals surface area (Å²) in [6.07, 6.45) is 1.58. The topological polar surface area (TPSA) is 51.2 Å². The molecule has 4 nitrogen and oxygen atoms in total. The van der Waals surface area contributed by atoms with Crippen molar-refractivity contribution < 1.29 is 9.53 Å². The number of nitrogens with one attached hydrogen (secondary N) is 1. The average molecular weight is 332 g/mol. The fourth-order valence-electron chi connectivity index (χ4n) is 1.38. The zero-order chi connectivity index (χ0) is 14.5. The molecule has 0 aliphatic rings. The summed E-state index contributed by atoms with van der Waals surface area (Å²) in [5, 5.41) is 3.26. The molecule has 0 radical (unpaired) electrons. The van der Waals surface area contributed by atoms with Gasteiger partial charge in [0, 0.05) is 6.20 Å². The van der Waals surface area contributed by atoms with Crippen LogP contribution in [0, 0.1) is 0 Å². The maximum Gasteiger partial charge on any atom is 0.263 e. The number of nitrogens with zero attached hydrogens (tertiary/aromatic N) is 1. The Hall–Kier alpha value is -1.49. The predicted octanol–water partition coefficient (Wildman–Crippen LogP) is 4.06. The SMILES string of the molecule is O=C(COc1ccc(Cl)c(Cl)c1Cl)Nc1ccccn1. The number of halogens is 3. The average Bonchev–Trinajstić information content (AvgIpc) is 2.45. The maximum atomic E-state index is 11.7. The molecule has 7 heteroatoms. The van der Waals surface area contributed by atoms with Crippen molar-refractivity contribution in [3.63, 3.8) is 0 Å². The molecule has 104 valence electrons. The van der Waals surface area contributed by atoms with Gasteiger partial charge in [-0.15, -0.1) is 0 Å². The molecule has 1 N–H and O–H groups in total. The van der Waals surface area contributed by atoms with Gasteiger partial charge in [-0.3, -0.25) is 4.79 Å². The lowest BCUT2D eigenvalue weighted by molar-refractivity contribution is -0.118. The van der Waals surface area contributed by atoms with Gasteiger partial charge in [-0.25, -0.2) is 4.98 Å². The van der Waals surface area contributed by atoms with E-state index in [2.05, 4.69) is 10.3 Å². The molecule has 0 atom stereocenters. The number of anilines is 1. The third-order valence-electron chi connectivity index (χ3n) is 2.29. The number of hydrogen-bond donors (Lipinski definition) is 1. The van der Waals surface area contributed by atoms with E-state index in [4.69, 9.17) is 39.5 Å². The van der Waals surface area contributed by atoms with Crippen molar-refractivity contribution in [1.29, 1.82) is 0 Å². The second-order valence-corrected chi connectivity index (χ2v) is 4.89. The number of pyridine rings is 1. The molecule has 2 aromatic rings. The Morgan fingerprint density at radius 1 is 1.15 bits per heavy atom. The van der Waals surface area contributed by atoms with Gasteiger partial charge in [-0.05, 0) is 24.3 Å². The minimum atomic E-state index is -0.356. The summed E-state index contributed by atoms with van der Waals surface area (Å²) in [4.78, 5) is 15.6. The zero-order valence-electron chi connectivity index (χ0n) is 10.1. The minimum Gasteiger partial charge on any atom is -0.482 e. The number of carbonyl (C=O) groups excluding carboxylic acids is 1. The highest BCUT2D eigenvalue weighted by Crippen LogP contribution is 2.36. The van der Waals surface area contributed by atoms with Crippen LogP contribution >= 0.6 is 34.8 Å². The molecular weight excluding hydrogens is 323 g/mol. The predicted molar refractivity (Wildman–Crippen MR) is 79.8 cm³/mol. The van der Waals surface area contributed by atoms with Crippen LogP contribution in [0.1, 0.15) is 0 Å². The molecule has 0 saturated heterocycles. The van der Waals surface area contributed by atoms with Crippen molar-refractivity contribution >= 4 is 46.5 Å². The molecule has 0 unspecified atom stereocenters. The highest BCUT2D eigenvalue weighted by Gasteiger charge is 2.11. The van der Waals surface area contributed by atoms with Crippen molar-refractivity contribution in [3.8, 4) is 5.75 Å². The van der Waals surface area contributed by atoms with Crippen LogP contribution in [0.4, 0.5) is 5.82 Å². The van der Waals surface area contributed by atoms with E-state index in [0.29, 0.717) is 10.8 Å². The number of ether oxygens (including phenoxy) is 1. The second-order valence-electron chi connectivity index (χ2n) is 3.73. The van der Waals surface area contributed by atoms with Gasteiger partial charge in [0.1, 0.15) is 16.6 Å². The Balaban J connectivity index is 1.96. The van der Waals surface area contributed by atoms with Crippen LogP contribution in [-0.2, 0) is 4.79 Å². The van der Waals surface area contributed by atoms with Crippen LogP contribution in [0.3, 0.4) is 0 Å². The summed E-state index contributed by atoms with van der Waals surface area (Å²) in [5.74, 6) is 0.379. The lowest BCUT2D eigenvalue weighted by atomic mass is 10.3. The van der Waals surface area contributed by atoms with E-state index in [1.807, 2.05) is 0 Å². The van der Waals surface area contributed by atoms with Crippen molar-refractivity contribution in [2.75, 3.05) is 11.9 Å². The van der Waals surface area contributed by atoms with E-state index in [0.717, 1.165) is 0 Å². The van der Waals surface area contributed by atoms with Crippen LogP contribution in [0.5, 0.6) is 5.75 Å². The third-order valence-corrected chi connectivity index (χ3v) is 3.57. The standard InChI is InChI=1S/C13H9Cl3N2O2/c14-8-4-5-9(13(16)12(8)15)20-7-11(19)18-10-3-1-2-6-17-10/h1-6H,7H2,(H,17,18,19). The van der Waals surface area contributed by atoms with Crippen molar-refractivity contribution in [2.45, 2.75) is 0 Å². The number of aromatic nitrogens is 1. The van der Waals surface area contributed by atoms with Gasteiger partial charge in [0.05, 0.1) is 10.0 Å². The van der Waals surface area contributed by atoms with Gasteiger partial charge in [0.25, 0.3) is 5.91 Å². The summed E-state index contributed by atoms with van der Waals surface area (Å²) in [7, 11) is 0. The van der Waals surface area contributed by atoms with Crippen LogP contribution in [0.15, 0.2) is 36.5 Å². The summed E-state index contributed by atoms with van der Waals surface area (Å²) >= 11 is 17.6. The van der Waals surface area contributed by atoms with E-state index in [1.54, 1.807) is 36.5 Å². The Kier molecular flexibility index (Phi) is 5.06. The summed E-state index contributed by atoms with van der Waals surface area (Å²) in [6.45, 7) is -0.214. The van der Waals surface area contributed by atoms with Gasteiger partial charge in [-0.1, -0.05) is 40.9 Å². The van der Waals surface area contributed by atoms with Crippen molar-refractivity contribution in [1.82, 2.24) is 4.98 Å². The molecule has 0 saturated carbocycles. The molecule has 0 aliphatic carbocycles. The lowest BCUT2D eigenvalue weighted by Gasteiger charge is -2.09. The van der Waals surface area contributed by atoms with Crippen LogP contribution in [0.2, 0.25) is 15.1 Å². The van der Waals surface area contributed by atoms with Gasteiger partial charge < -0.3 is 10.1 Å². The molecular formula is C13H9Cl3N2O2. The van der Waals surface area contributed by atoms with E-state index < -0.39 is 0 Å². The Morgan fingerprint density at radius 2 is 1.95 bits per heavy atom. The molecule has 20 heavy (non-hydrogen) atoms. The molecule has 1 aromatic carbocycles. The molecule has 2 rings (SSSR count). The maximum absolute atomic E-state index is 11.7. The van der Waals surface area contributed by atoms with Gasteiger partial charge in [-0.2, -0.15) is 0 Å². The van der Waals surface area contributed by atoms with E-state index >= 15 is 0 Å². The number of carbonyl (C=O) groups is 1. The van der Waals surface area contributed by atoms with Gasteiger partial charge >= 0.3 is 0 Å². The first-order valence-electron chi connectivity index (χ1n) is 5.55. The first-order valence-corrected chi connectivity index (χ1v) is 6.68. The minimum absolute atomic E-state index is 0.171. The quantitative estimate of drug-likeness (QED) is 0.860. The van der Waals surface area contributed by atoms with E-state index in [-0.39, 0.29) is 28.3 Å². The molecule has 0 aliphatic heterocycles. The number of benzene rings is 1. The second kappa shape index (κ2) is 6.79. The Morgan fingerprint density at radius 3 is 2.65 bits per heavy atom. The summed E-state index contributed by atoms with van der Waals surface area (Å²) in [5.41, 5.74) is 0. The van der Waals surface area contributed by atoms with Crippen LogP contribution < -0.4 is 10.1 Å². The van der Waals surface area contributed by atoms with Gasteiger partial charge in [0.2, 0.25) is 0 Å². The van der Waals surface area contributed by atoms with E-state index in [1.165, 1.54) is 0 Å². The number of hydrogen-bond acceptors (Lipinski definition) is 3. The normalized spacial score (nSPS) is 10.2. The Labute approximate surface area is 130 Å². The highest BCUT2D eigenvalue weighted by atomic mass is 35.5. The molecule has 1 heterocycles. The largest absolute Gasteiger partial charge is 0.482 e. The monoisotopic (exact) mass is 330 g/mol. The fraction of sp³-hybridized carbons (Fsp3) is 0.0769. The molecule has 0 fully saturated rings. The van der Waals surface area contributed by atoms with Crippen LogP contribution in [0.25, 0.3) is 0 Å². The zero-order valence-corrected chi connectivity index (χ0v) is 12.3. The number of amides is 1. The Bertz CT molecular complexity index is 621. The summed E-state index contributed by atoms with van der Waals surface area (Å²) < 4.78 is 5.29. The van der Waals surface area contributed by atoms with Gasteiger partial charge in [0.15, 0.2) is 6.61 Å². The molecule has 0 bridgehead atoms. The van der Waals surface area contributed by atoms with Crippen molar-refractivity contribution in [2.24, 2.45) is 0 Å². The highest BCUT2D eigenvalue weighted by molar-refractivity contribution is 6.48. The summed E-state index contributed by atoms with van der Waals surface area (Å²) in [6, 6.07) is 8.28. The van der Waals surface area contributed by atoms with E-state index in [9.17, 15) is 4.79 Å². The smallest absolute Gasteiger partial charge is 0.263 e.